The fourth-order valence-electron chi connectivity index (χ4n) is 3.27. The topological polar surface area (TPSA) is 35.6 Å². The molecule has 4 nitrogen and oxygen atoms in total. The summed E-state index contributed by atoms with van der Waals surface area (Å²) < 4.78 is 0. The fraction of sp³-hybridized carbons (Fsp3) is 0.933. The van der Waals surface area contributed by atoms with Crippen LogP contribution in [0.1, 0.15) is 39.0 Å². The Labute approximate surface area is 117 Å². The molecule has 19 heavy (non-hydrogen) atoms. The van der Waals surface area contributed by atoms with Gasteiger partial charge in [-0.05, 0) is 32.7 Å². The van der Waals surface area contributed by atoms with Gasteiger partial charge in [-0.3, -0.25) is 9.69 Å². The van der Waals surface area contributed by atoms with Crippen LogP contribution >= 0.6 is 0 Å². The molecule has 1 heterocycles. The quantitative estimate of drug-likeness (QED) is 0.834. The third-order valence-corrected chi connectivity index (χ3v) is 4.72. The van der Waals surface area contributed by atoms with E-state index in [9.17, 15) is 4.79 Å². The molecular formula is C15H29N3O. The maximum Gasteiger partial charge on any atom is 0.239 e. The Kier molecular flexibility index (Phi) is 5.64. The number of nitrogens with one attached hydrogen (secondary N) is 1. The number of hydrogen-bond acceptors (Lipinski definition) is 3. The number of amides is 1. The molecule has 0 aromatic carbocycles. The van der Waals surface area contributed by atoms with Crippen LogP contribution in [-0.4, -0.2) is 61.5 Å². The van der Waals surface area contributed by atoms with Crippen LogP contribution in [0.4, 0.5) is 0 Å². The van der Waals surface area contributed by atoms with Crippen molar-refractivity contribution in [2.45, 2.75) is 45.1 Å². The number of rotatable bonds is 4. The lowest BCUT2D eigenvalue weighted by atomic mass is 9.89. The van der Waals surface area contributed by atoms with Gasteiger partial charge in [-0.25, -0.2) is 0 Å². The summed E-state index contributed by atoms with van der Waals surface area (Å²) in [5, 5.41) is 3.30. The lowest BCUT2D eigenvalue weighted by Crippen LogP contribution is -2.53. The van der Waals surface area contributed by atoms with Crippen LogP contribution in [0.5, 0.6) is 0 Å². The van der Waals surface area contributed by atoms with Crippen LogP contribution < -0.4 is 5.32 Å². The van der Waals surface area contributed by atoms with Crippen molar-refractivity contribution in [3.05, 3.63) is 0 Å². The summed E-state index contributed by atoms with van der Waals surface area (Å²) in [7, 11) is 2.11. The predicted molar refractivity (Wildman–Crippen MR) is 78.1 cm³/mol. The molecule has 1 aliphatic carbocycles. The molecule has 1 atom stereocenters. The van der Waals surface area contributed by atoms with Crippen LogP contribution in [-0.2, 0) is 4.79 Å². The van der Waals surface area contributed by atoms with Crippen molar-refractivity contribution in [2.75, 3.05) is 39.8 Å². The van der Waals surface area contributed by atoms with Gasteiger partial charge in [-0.1, -0.05) is 19.3 Å². The van der Waals surface area contributed by atoms with E-state index in [4.69, 9.17) is 0 Å². The molecule has 1 saturated heterocycles. The number of carbonyl (C=O) groups is 1. The number of nitrogens with zero attached hydrogens (tertiary/aromatic N) is 2. The van der Waals surface area contributed by atoms with Crippen LogP contribution in [0, 0.1) is 5.92 Å². The first-order valence-corrected chi connectivity index (χ1v) is 7.88. The monoisotopic (exact) mass is 267 g/mol. The van der Waals surface area contributed by atoms with Gasteiger partial charge in [0.25, 0.3) is 0 Å². The second kappa shape index (κ2) is 7.25. The van der Waals surface area contributed by atoms with E-state index in [-0.39, 0.29) is 6.04 Å². The van der Waals surface area contributed by atoms with Crippen LogP contribution in [0.2, 0.25) is 0 Å². The van der Waals surface area contributed by atoms with Crippen LogP contribution in [0.3, 0.4) is 0 Å². The third kappa shape index (κ3) is 4.18. The zero-order valence-corrected chi connectivity index (χ0v) is 12.5. The van der Waals surface area contributed by atoms with Crippen molar-refractivity contribution in [3.63, 3.8) is 0 Å². The average molecular weight is 267 g/mol. The molecule has 0 bridgehead atoms. The molecule has 4 heteroatoms. The van der Waals surface area contributed by atoms with Gasteiger partial charge >= 0.3 is 0 Å². The van der Waals surface area contributed by atoms with Crippen LogP contribution in [0.15, 0.2) is 0 Å². The van der Waals surface area contributed by atoms with Gasteiger partial charge in [0.05, 0.1) is 6.04 Å². The van der Waals surface area contributed by atoms with Gasteiger partial charge in [0, 0.05) is 32.7 Å². The highest BCUT2D eigenvalue weighted by molar-refractivity contribution is 5.81. The van der Waals surface area contributed by atoms with Crippen molar-refractivity contribution in [1.29, 1.82) is 0 Å². The van der Waals surface area contributed by atoms with Gasteiger partial charge in [0.15, 0.2) is 0 Å². The summed E-state index contributed by atoms with van der Waals surface area (Å²) in [4.78, 5) is 16.7. The summed E-state index contributed by atoms with van der Waals surface area (Å²) in [5.41, 5.74) is 0. The van der Waals surface area contributed by atoms with E-state index in [0.717, 1.165) is 38.6 Å². The molecule has 1 N–H and O–H groups in total. The van der Waals surface area contributed by atoms with Crippen LogP contribution in [0.25, 0.3) is 0 Å². The number of carbonyl (C=O) groups excluding carboxylic acids is 1. The molecule has 1 aliphatic heterocycles. The summed E-state index contributed by atoms with van der Waals surface area (Å²) in [6, 6.07) is 0.0278. The SMILES string of the molecule is CC(C(=O)N1CCNCC1)N(C)CC1CCCCC1. The summed E-state index contributed by atoms with van der Waals surface area (Å²) in [5.74, 6) is 1.11. The molecule has 2 aliphatic rings. The Morgan fingerprint density at radius 3 is 2.53 bits per heavy atom. The summed E-state index contributed by atoms with van der Waals surface area (Å²) in [6.45, 7) is 6.74. The van der Waals surface area contributed by atoms with Crippen molar-refractivity contribution < 1.29 is 4.79 Å². The Morgan fingerprint density at radius 2 is 1.89 bits per heavy atom. The molecule has 0 spiro atoms. The maximum atomic E-state index is 12.4. The van der Waals surface area contributed by atoms with E-state index >= 15 is 0 Å². The normalized spacial score (nSPS) is 23.6. The molecule has 110 valence electrons. The summed E-state index contributed by atoms with van der Waals surface area (Å²) >= 11 is 0. The second-order valence-corrected chi connectivity index (χ2v) is 6.19. The highest BCUT2D eigenvalue weighted by atomic mass is 16.2. The first-order chi connectivity index (χ1) is 9.18. The van der Waals surface area contributed by atoms with Gasteiger partial charge in [0.2, 0.25) is 5.91 Å². The van der Waals surface area contributed by atoms with E-state index in [1.165, 1.54) is 32.1 Å². The van der Waals surface area contributed by atoms with Crippen molar-refractivity contribution in [2.24, 2.45) is 5.92 Å². The zero-order chi connectivity index (χ0) is 13.7. The highest BCUT2D eigenvalue weighted by Crippen LogP contribution is 2.24. The minimum Gasteiger partial charge on any atom is -0.339 e. The average Bonchev–Trinajstić information content (AvgIpc) is 2.47. The van der Waals surface area contributed by atoms with Crippen molar-refractivity contribution in [3.8, 4) is 0 Å². The minimum absolute atomic E-state index is 0.0278. The van der Waals surface area contributed by atoms with E-state index < -0.39 is 0 Å². The smallest absolute Gasteiger partial charge is 0.239 e. The highest BCUT2D eigenvalue weighted by Gasteiger charge is 2.26. The lowest BCUT2D eigenvalue weighted by Gasteiger charge is -2.35. The predicted octanol–water partition coefficient (Wildman–Crippen LogP) is 1.32. The molecule has 0 radical (unpaired) electrons. The molecule has 2 rings (SSSR count). The molecule has 1 unspecified atom stereocenters. The Hall–Kier alpha value is -0.610. The van der Waals surface area contributed by atoms with Gasteiger partial charge in [-0.15, -0.1) is 0 Å². The van der Waals surface area contributed by atoms with Gasteiger partial charge in [0.1, 0.15) is 0 Å². The zero-order valence-electron chi connectivity index (χ0n) is 12.5. The first kappa shape index (κ1) is 14.8. The molecule has 0 aromatic rings. The molecule has 1 amide bonds. The van der Waals surface area contributed by atoms with E-state index in [2.05, 4.69) is 24.2 Å². The molecular weight excluding hydrogens is 238 g/mol. The number of hydrogen-bond donors (Lipinski definition) is 1. The number of piperazine rings is 1. The summed E-state index contributed by atoms with van der Waals surface area (Å²) in [6.07, 6.45) is 6.84. The Morgan fingerprint density at radius 1 is 1.26 bits per heavy atom. The standard InChI is InChI=1S/C15H29N3O/c1-13(15(19)18-10-8-16-9-11-18)17(2)12-14-6-4-3-5-7-14/h13-14,16H,3-12H2,1-2H3. The largest absolute Gasteiger partial charge is 0.339 e. The Balaban J connectivity index is 1.79. The molecule has 1 saturated carbocycles. The van der Waals surface area contributed by atoms with Gasteiger partial charge < -0.3 is 10.2 Å². The first-order valence-electron chi connectivity index (χ1n) is 7.88. The van der Waals surface area contributed by atoms with E-state index in [0.29, 0.717) is 5.91 Å². The second-order valence-electron chi connectivity index (χ2n) is 6.19. The third-order valence-electron chi connectivity index (χ3n) is 4.72. The fourth-order valence-corrected chi connectivity index (χ4v) is 3.27. The van der Waals surface area contributed by atoms with E-state index in [1.807, 2.05) is 4.90 Å². The lowest BCUT2D eigenvalue weighted by molar-refractivity contribution is -0.136. The molecule has 0 aromatic heterocycles. The Bertz CT molecular complexity index is 283. The number of likely N-dealkylation sites (N-methyl/N-ethyl adjacent to an activating group) is 1. The van der Waals surface area contributed by atoms with Crippen molar-refractivity contribution >= 4 is 5.91 Å². The molecule has 2 fully saturated rings. The van der Waals surface area contributed by atoms with Crippen molar-refractivity contribution in [1.82, 2.24) is 15.1 Å². The van der Waals surface area contributed by atoms with E-state index in [1.54, 1.807) is 0 Å². The minimum atomic E-state index is 0.0278. The van der Waals surface area contributed by atoms with Gasteiger partial charge in [-0.2, -0.15) is 0 Å². The maximum absolute atomic E-state index is 12.4.